The highest BCUT2D eigenvalue weighted by molar-refractivity contribution is 6.30. The highest BCUT2D eigenvalue weighted by atomic mass is 35.5. The Morgan fingerprint density at radius 3 is 2.59 bits per heavy atom. The molecule has 0 bridgehead atoms. The fourth-order valence-electron chi connectivity index (χ4n) is 2.67. The molecule has 6 heteroatoms. The van der Waals surface area contributed by atoms with Crippen LogP contribution < -0.4 is 11.1 Å². The number of carbonyl (C=O) groups is 1. The molecule has 1 heterocycles. The van der Waals surface area contributed by atoms with E-state index < -0.39 is 5.41 Å². The third kappa shape index (κ3) is 3.98. The second-order valence-electron chi connectivity index (χ2n) is 5.58. The molecule has 1 aliphatic rings. The van der Waals surface area contributed by atoms with E-state index in [4.69, 9.17) is 26.8 Å². The maximum Gasteiger partial charge on any atom is 0.227 e. The fraction of sp³-hybridized carbons (Fsp3) is 0.562. The van der Waals surface area contributed by atoms with E-state index in [1.54, 1.807) is 7.11 Å². The van der Waals surface area contributed by atoms with E-state index in [0.717, 1.165) is 5.56 Å². The van der Waals surface area contributed by atoms with Gasteiger partial charge in [0.15, 0.2) is 0 Å². The molecule has 1 aromatic carbocycles. The standard InChI is InChI=1S/C16H23ClN2O3/c1-21-14(12-2-4-13(17)5-3-12)10-19-15(20)16(11-18)6-8-22-9-7-16/h2-5,14H,6-11,18H2,1H3,(H,19,20). The Balaban J connectivity index is 1.97. The van der Waals surface area contributed by atoms with Crippen molar-refractivity contribution in [2.75, 3.05) is 33.4 Å². The van der Waals surface area contributed by atoms with Crippen LogP contribution in [0, 0.1) is 5.41 Å². The molecule has 0 saturated carbocycles. The maximum absolute atomic E-state index is 12.5. The monoisotopic (exact) mass is 326 g/mol. The molecule has 0 aromatic heterocycles. The van der Waals surface area contributed by atoms with Gasteiger partial charge in [0.1, 0.15) is 0 Å². The van der Waals surface area contributed by atoms with Crippen molar-refractivity contribution in [3.05, 3.63) is 34.9 Å². The van der Waals surface area contributed by atoms with E-state index in [1.807, 2.05) is 24.3 Å². The van der Waals surface area contributed by atoms with Crippen molar-refractivity contribution in [1.82, 2.24) is 5.32 Å². The topological polar surface area (TPSA) is 73.6 Å². The highest BCUT2D eigenvalue weighted by Crippen LogP contribution is 2.29. The lowest BCUT2D eigenvalue weighted by molar-refractivity contribution is -0.136. The van der Waals surface area contributed by atoms with E-state index in [2.05, 4.69) is 5.32 Å². The largest absolute Gasteiger partial charge is 0.381 e. The Bertz CT molecular complexity index is 487. The number of hydrogen-bond donors (Lipinski definition) is 2. The molecule has 1 saturated heterocycles. The van der Waals surface area contributed by atoms with Gasteiger partial charge in [0.2, 0.25) is 5.91 Å². The second kappa shape index (κ2) is 7.92. The van der Waals surface area contributed by atoms with Gasteiger partial charge in [-0.25, -0.2) is 0 Å². The molecular weight excluding hydrogens is 304 g/mol. The third-order valence-corrected chi connectivity index (χ3v) is 4.55. The van der Waals surface area contributed by atoms with Crippen LogP contribution in [0.1, 0.15) is 24.5 Å². The summed E-state index contributed by atoms with van der Waals surface area (Å²) in [5, 5.41) is 3.65. The molecule has 1 unspecified atom stereocenters. The van der Waals surface area contributed by atoms with Crippen LogP contribution in [-0.2, 0) is 14.3 Å². The molecule has 0 spiro atoms. The van der Waals surface area contributed by atoms with Gasteiger partial charge in [0, 0.05) is 38.4 Å². The zero-order valence-electron chi connectivity index (χ0n) is 12.8. The van der Waals surface area contributed by atoms with Gasteiger partial charge in [0.05, 0.1) is 11.5 Å². The molecule has 5 nitrogen and oxygen atoms in total. The van der Waals surface area contributed by atoms with E-state index >= 15 is 0 Å². The van der Waals surface area contributed by atoms with Crippen molar-refractivity contribution in [3.8, 4) is 0 Å². The molecule has 1 amide bonds. The van der Waals surface area contributed by atoms with Crippen LogP contribution in [0.3, 0.4) is 0 Å². The Hall–Kier alpha value is -1.14. The summed E-state index contributed by atoms with van der Waals surface area (Å²) in [4.78, 5) is 12.5. The molecule has 22 heavy (non-hydrogen) atoms. The van der Waals surface area contributed by atoms with Crippen LogP contribution in [0.4, 0.5) is 0 Å². The number of amides is 1. The Kier molecular flexibility index (Phi) is 6.20. The lowest BCUT2D eigenvalue weighted by Gasteiger charge is -2.35. The zero-order valence-corrected chi connectivity index (χ0v) is 13.6. The lowest BCUT2D eigenvalue weighted by atomic mass is 9.79. The lowest BCUT2D eigenvalue weighted by Crippen LogP contribution is -2.50. The summed E-state index contributed by atoms with van der Waals surface area (Å²) in [6, 6.07) is 7.42. The van der Waals surface area contributed by atoms with Gasteiger partial charge in [0.25, 0.3) is 0 Å². The summed E-state index contributed by atoms with van der Waals surface area (Å²) < 4.78 is 10.8. The molecule has 1 atom stereocenters. The SMILES string of the molecule is COC(CNC(=O)C1(CN)CCOCC1)c1ccc(Cl)cc1. The maximum atomic E-state index is 12.5. The smallest absolute Gasteiger partial charge is 0.227 e. The van der Waals surface area contributed by atoms with Crippen LogP contribution in [0.2, 0.25) is 5.02 Å². The number of methoxy groups -OCH3 is 1. The second-order valence-corrected chi connectivity index (χ2v) is 6.02. The van der Waals surface area contributed by atoms with Gasteiger partial charge in [-0.05, 0) is 30.5 Å². The fourth-order valence-corrected chi connectivity index (χ4v) is 2.80. The molecule has 0 aliphatic carbocycles. The minimum absolute atomic E-state index is 0.0192. The molecular formula is C16H23ClN2O3. The van der Waals surface area contributed by atoms with Crippen LogP contribution in [-0.4, -0.2) is 39.3 Å². The number of halogens is 1. The first-order valence-electron chi connectivity index (χ1n) is 7.46. The summed E-state index contributed by atoms with van der Waals surface area (Å²) in [7, 11) is 1.62. The summed E-state index contributed by atoms with van der Waals surface area (Å²) in [6.45, 7) is 1.89. The van der Waals surface area contributed by atoms with Crippen LogP contribution >= 0.6 is 11.6 Å². The van der Waals surface area contributed by atoms with Crippen molar-refractivity contribution in [2.45, 2.75) is 18.9 Å². The van der Waals surface area contributed by atoms with Crippen molar-refractivity contribution in [1.29, 1.82) is 0 Å². The molecule has 122 valence electrons. The number of benzene rings is 1. The van der Waals surface area contributed by atoms with Gasteiger partial charge in [-0.2, -0.15) is 0 Å². The van der Waals surface area contributed by atoms with Crippen molar-refractivity contribution < 1.29 is 14.3 Å². The number of rotatable bonds is 6. The van der Waals surface area contributed by atoms with E-state index in [-0.39, 0.29) is 12.0 Å². The molecule has 0 radical (unpaired) electrons. The summed E-state index contributed by atoms with van der Waals surface area (Å²) in [6.07, 6.45) is 1.11. The van der Waals surface area contributed by atoms with Crippen molar-refractivity contribution >= 4 is 17.5 Å². The average Bonchev–Trinajstić information content (AvgIpc) is 2.57. The van der Waals surface area contributed by atoms with Gasteiger partial charge in [-0.3, -0.25) is 4.79 Å². The number of hydrogen-bond acceptors (Lipinski definition) is 4. The molecule has 2 rings (SSSR count). The van der Waals surface area contributed by atoms with Crippen LogP contribution in [0.25, 0.3) is 0 Å². The molecule has 1 aromatic rings. The van der Waals surface area contributed by atoms with Gasteiger partial charge < -0.3 is 20.5 Å². The van der Waals surface area contributed by atoms with Crippen LogP contribution in [0.15, 0.2) is 24.3 Å². The van der Waals surface area contributed by atoms with Gasteiger partial charge in [-0.1, -0.05) is 23.7 Å². The zero-order chi connectivity index (χ0) is 16.0. The minimum atomic E-state index is -0.517. The Morgan fingerprint density at radius 1 is 1.41 bits per heavy atom. The van der Waals surface area contributed by atoms with E-state index in [9.17, 15) is 4.79 Å². The first-order valence-corrected chi connectivity index (χ1v) is 7.83. The molecule has 1 fully saturated rings. The van der Waals surface area contributed by atoms with Gasteiger partial charge >= 0.3 is 0 Å². The van der Waals surface area contributed by atoms with Gasteiger partial charge in [-0.15, -0.1) is 0 Å². The van der Waals surface area contributed by atoms with Crippen molar-refractivity contribution in [2.24, 2.45) is 11.1 Å². The Labute approximate surface area is 136 Å². The number of nitrogens with two attached hydrogens (primary N) is 1. The first-order chi connectivity index (χ1) is 10.6. The summed E-state index contributed by atoms with van der Waals surface area (Å²) in [5.74, 6) is -0.0192. The van der Waals surface area contributed by atoms with E-state index in [1.165, 1.54) is 0 Å². The number of ether oxygens (including phenoxy) is 2. The third-order valence-electron chi connectivity index (χ3n) is 4.30. The predicted molar refractivity (Wildman–Crippen MR) is 85.8 cm³/mol. The Morgan fingerprint density at radius 2 is 2.05 bits per heavy atom. The number of nitrogens with one attached hydrogen (secondary N) is 1. The average molecular weight is 327 g/mol. The molecule has 3 N–H and O–H groups in total. The van der Waals surface area contributed by atoms with Crippen LogP contribution in [0.5, 0.6) is 0 Å². The van der Waals surface area contributed by atoms with Crippen molar-refractivity contribution in [3.63, 3.8) is 0 Å². The normalized spacial score (nSPS) is 18.7. The minimum Gasteiger partial charge on any atom is -0.381 e. The summed E-state index contributed by atoms with van der Waals surface area (Å²) >= 11 is 5.89. The predicted octanol–water partition coefficient (Wildman–Crippen LogP) is 1.90. The first kappa shape index (κ1) is 17.2. The van der Waals surface area contributed by atoms with E-state index in [0.29, 0.717) is 44.2 Å². The highest BCUT2D eigenvalue weighted by Gasteiger charge is 2.38. The number of carbonyl (C=O) groups excluding carboxylic acids is 1. The molecule has 1 aliphatic heterocycles. The summed E-state index contributed by atoms with van der Waals surface area (Å²) in [5.41, 5.74) is 6.30. The quantitative estimate of drug-likeness (QED) is 0.837.